The normalized spacial score (nSPS) is 27.6. The number of amides is 1. The summed E-state index contributed by atoms with van der Waals surface area (Å²) in [7, 11) is 1.34. The first-order valence-corrected chi connectivity index (χ1v) is 11.4. The zero-order chi connectivity index (χ0) is 21.4. The van der Waals surface area contributed by atoms with E-state index in [1.54, 1.807) is 4.52 Å². The third kappa shape index (κ3) is 3.14. The van der Waals surface area contributed by atoms with Crippen LogP contribution in [0.3, 0.4) is 0 Å². The van der Waals surface area contributed by atoms with Crippen molar-refractivity contribution in [3.8, 4) is 0 Å². The maximum absolute atomic E-state index is 12.9. The Hall–Kier alpha value is -2.48. The summed E-state index contributed by atoms with van der Waals surface area (Å²) in [6, 6.07) is 3.68. The molecule has 1 aliphatic heterocycles. The van der Waals surface area contributed by atoms with Gasteiger partial charge >= 0.3 is 5.97 Å². The molecule has 3 aliphatic carbocycles. The minimum absolute atomic E-state index is 0.0677. The van der Waals surface area contributed by atoms with E-state index in [-0.39, 0.29) is 23.9 Å². The van der Waals surface area contributed by atoms with E-state index < -0.39 is 11.4 Å². The highest BCUT2D eigenvalue weighted by molar-refractivity contribution is 6.05. The fourth-order valence-corrected chi connectivity index (χ4v) is 5.73. The Kier molecular flexibility index (Phi) is 4.04. The smallest absolute Gasteiger partial charge is 0.321 e. The van der Waals surface area contributed by atoms with E-state index in [2.05, 4.69) is 5.32 Å². The molecule has 1 saturated heterocycles. The molecular weight excluding hydrogens is 394 g/mol. The third-order valence-corrected chi connectivity index (χ3v) is 7.85. The summed E-state index contributed by atoms with van der Waals surface area (Å²) < 4.78 is 6.79. The van der Waals surface area contributed by atoms with E-state index >= 15 is 0 Å². The first kappa shape index (κ1) is 19.2. The van der Waals surface area contributed by atoms with Gasteiger partial charge in [0, 0.05) is 12.0 Å². The second kappa shape index (κ2) is 6.51. The molecule has 2 aromatic heterocycles. The highest BCUT2D eigenvalue weighted by Crippen LogP contribution is 2.53. The molecule has 2 unspecified atom stereocenters. The average Bonchev–Trinajstić information content (AvgIpc) is 3.66. The Morgan fingerprint density at radius 1 is 1.29 bits per heavy atom. The van der Waals surface area contributed by atoms with Crippen molar-refractivity contribution in [3.63, 3.8) is 0 Å². The lowest BCUT2D eigenvalue weighted by atomic mass is 9.79. The number of esters is 1. The van der Waals surface area contributed by atoms with Crippen molar-refractivity contribution < 1.29 is 14.3 Å². The van der Waals surface area contributed by atoms with E-state index in [4.69, 9.17) is 20.6 Å². The van der Waals surface area contributed by atoms with Crippen molar-refractivity contribution in [1.82, 2.24) is 19.9 Å². The van der Waals surface area contributed by atoms with Gasteiger partial charge in [-0.05, 0) is 74.8 Å². The number of methoxy groups -OCH3 is 1. The topological polar surface area (TPSA) is 112 Å². The second-order valence-electron chi connectivity index (χ2n) is 10.2. The van der Waals surface area contributed by atoms with Crippen molar-refractivity contribution >= 4 is 17.5 Å². The Morgan fingerprint density at radius 3 is 2.58 bits per heavy atom. The molecule has 4 aliphatic rings. The van der Waals surface area contributed by atoms with Crippen molar-refractivity contribution in [2.45, 2.75) is 62.9 Å². The summed E-state index contributed by atoms with van der Waals surface area (Å²) in [6.45, 7) is 0. The Balaban J connectivity index is 1.29. The molecule has 2 atom stereocenters. The van der Waals surface area contributed by atoms with Gasteiger partial charge in [-0.25, -0.2) is 9.50 Å². The molecule has 164 valence electrons. The van der Waals surface area contributed by atoms with E-state index in [1.807, 2.05) is 18.3 Å². The minimum Gasteiger partial charge on any atom is -0.468 e. The van der Waals surface area contributed by atoms with Crippen molar-refractivity contribution in [1.29, 1.82) is 0 Å². The first-order chi connectivity index (χ1) is 14.9. The Bertz CT molecular complexity index is 1060. The fourth-order valence-electron chi connectivity index (χ4n) is 5.73. The molecule has 4 fully saturated rings. The van der Waals surface area contributed by atoms with Gasteiger partial charge in [0.15, 0.2) is 11.1 Å². The van der Waals surface area contributed by atoms with Crippen LogP contribution in [0.5, 0.6) is 0 Å². The molecule has 2 aromatic rings. The van der Waals surface area contributed by atoms with E-state index in [9.17, 15) is 9.59 Å². The molecule has 3 saturated carbocycles. The van der Waals surface area contributed by atoms with Crippen LogP contribution in [-0.2, 0) is 20.7 Å². The lowest BCUT2D eigenvalue weighted by Crippen LogP contribution is -2.42. The highest BCUT2D eigenvalue weighted by Gasteiger charge is 2.64. The van der Waals surface area contributed by atoms with Gasteiger partial charge in [-0.2, -0.15) is 5.10 Å². The van der Waals surface area contributed by atoms with Crippen molar-refractivity contribution in [3.05, 3.63) is 29.7 Å². The lowest BCUT2D eigenvalue weighted by Gasteiger charge is -2.22. The largest absolute Gasteiger partial charge is 0.468 e. The number of hydrogen-bond donors (Lipinski definition) is 2. The van der Waals surface area contributed by atoms with Crippen molar-refractivity contribution in [2.75, 3.05) is 7.11 Å². The van der Waals surface area contributed by atoms with Gasteiger partial charge in [0.05, 0.1) is 30.7 Å². The Morgan fingerprint density at radius 2 is 2.00 bits per heavy atom. The first-order valence-electron chi connectivity index (χ1n) is 11.4. The molecule has 0 radical (unpaired) electrons. The summed E-state index contributed by atoms with van der Waals surface area (Å²) in [4.78, 5) is 30.3. The molecule has 3 heterocycles. The van der Waals surface area contributed by atoms with E-state index in [1.165, 1.54) is 32.8 Å². The van der Waals surface area contributed by atoms with Gasteiger partial charge < -0.3 is 15.8 Å². The van der Waals surface area contributed by atoms with E-state index in [0.29, 0.717) is 18.0 Å². The SMILES string of the molecule is COC(=O)C1(Cc2ccc3nc(C(N)C(C4CC4)C4CC4)cn3n2)CC2(CC2)NC1=O. The molecule has 1 amide bonds. The maximum atomic E-state index is 12.9. The zero-order valence-corrected chi connectivity index (χ0v) is 17.8. The summed E-state index contributed by atoms with van der Waals surface area (Å²) in [5.74, 6) is 1.27. The van der Waals surface area contributed by atoms with Crippen LogP contribution in [0.1, 0.15) is 62.4 Å². The molecule has 8 nitrogen and oxygen atoms in total. The van der Waals surface area contributed by atoms with Gasteiger partial charge in [-0.3, -0.25) is 9.59 Å². The second-order valence-corrected chi connectivity index (χ2v) is 10.2. The quantitative estimate of drug-likeness (QED) is 0.520. The van der Waals surface area contributed by atoms with Crippen LogP contribution >= 0.6 is 0 Å². The van der Waals surface area contributed by atoms with Gasteiger partial charge in [0.2, 0.25) is 5.91 Å². The summed E-state index contributed by atoms with van der Waals surface area (Å²) in [5.41, 5.74) is 7.52. The van der Waals surface area contributed by atoms with Crippen LogP contribution in [-0.4, -0.2) is 39.1 Å². The number of carbonyl (C=O) groups is 2. The van der Waals surface area contributed by atoms with Crippen LogP contribution in [0, 0.1) is 23.2 Å². The molecule has 1 spiro atoms. The number of rotatable bonds is 7. The number of ether oxygens (including phenoxy) is 1. The van der Waals surface area contributed by atoms with Gasteiger partial charge in [-0.1, -0.05) is 0 Å². The summed E-state index contributed by atoms with van der Waals surface area (Å²) in [6.07, 6.45) is 9.56. The number of carbonyl (C=O) groups excluding carboxylic acids is 2. The monoisotopic (exact) mass is 423 g/mol. The predicted molar refractivity (Wildman–Crippen MR) is 112 cm³/mol. The van der Waals surface area contributed by atoms with Gasteiger partial charge in [-0.15, -0.1) is 0 Å². The molecule has 6 rings (SSSR count). The third-order valence-electron chi connectivity index (χ3n) is 7.85. The number of imidazole rings is 1. The number of aromatic nitrogens is 3. The molecule has 0 bridgehead atoms. The van der Waals surface area contributed by atoms with Gasteiger partial charge in [0.25, 0.3) is 0 Å². The Labute approximate surface area is 180 Å². The zero-order valence-electron chi connectivity index (χ0n) is 17.8. The standard InChI is InChI=1S/C23H29N5O3/c1-31-21(30)23(12-22(8-9-22)26-20(23)29)10-15-6-7-17-25-16(11-28(17)27-15)19(24)18(13-2-3-13)14-4-5-14/h6-7,11,13-14,18-19H,2-5,8-10,12,24H2,1H3,(H,26,29). The number of nitrogens with two attached hydrogens (primary N) is 1. The highest BCUT2D eigenvalue weighted by atomic mass is 16.5. The summed E-state index contributed by atoms with van der Waals surface area (Å²) >= 11 is 0. The molecule has 0 aromatic carbocycles. The summed E-state index contributed by atoms with van der Waals surface area (Å²) in [5, 5.41) is 7.73. The molecular formula is C23H29N5O3. The van der Waals surface area contributed by atoms with E-state index in [0.717, 1.165) is 36.0 Å². The van der Waals surface area contributed by atoms with Crippen LogP contribution in [0.15, 0.2) is 18.3 Å². The number of nitrogens with one attached hydrogen (secondary N) is 1. The molecule has 8 heteroatoms. The van der Waals surface area contributed by atoms with Crippen molar-refractivity contribution in [2.24, 2.45) is 28.9 Å². The average molecular weight is 424 g/mol. The predicted octanol–water partition coefficient (Wildman–Crippen LogP) is 1.92. The lowest BCUT2D eigenvalue weighted by molar-refractivity contribution is -0.157. The van der Waals surface area contributed by atoms with Gasteiger partial charge in [0.1, 0.15) is 0 Å². The van der Waals surface area contributed by atoms with Crippen LogP contribution in [0.2, 0.25) is 0 Å². The maximum Gasteiger partial charge on any atom is 0.321 e. The number of fused-ring (bicyclic) bond motifs is 1. The molecule has 31 heavy (non-hydrogen) atoms. The number of nitrogens with zero attached hydrogens (tertiary/aromatic N) is 3. The van der Waals surface area contributed by atoms with Crippen LogP contribution < -0.4 is 11.1 Å². The fraction of sp³-hybridized carbons (Fsp3) is 0.652. The minimum atomic E-state index is -1.21. The van der Waals surface area contributed by atoms with Crippen LogP contribution in [0.4, 0.5) is 0 Å². The number of hydrogen-bond acceptors (Lipinski definition) is 6. The molecule has 3 N–H and O–H groups in total. The van der Waals surface area contributed by atoms with Crippen LogP contribution in [0.25, 0.3) is 5.65 Å².